The van der Waals surface area contributed by atoms with Gasteiger partial charge >= 0.3 is 5.97 Å². The predicted molar refractivity (Wildman–Crippen MR) is 79.4 cm³/mol. The highest BCUT2D eigenvalue weighted by atomic mass is 33.1. The molecule has 0 aromatic heterocycles. The number of nitrogens with zero attached hydrogens (tertiary/aromatic N) is 2. The summed E-state index contributed by atoms with van der Waals surface area (Å²) >= 11 is 0. The van der Waals surface area contributed by atoms with Crippen LogP contribution in [-0.4, -0.2) is 42.4 Å². The Balaban J connectivity index is 0. The number of nitrogens with two attached hydrogens (primary N) is 1. The zero-order valence-corrected chi connectivity index (χ0v) is 12.7. The molecule has 1 atom stereocenters. The summed E-state index contributed by atoms with van der Waals surface area (Å²) in [5, 5.41) is 11.6. The molecule has 8 nitrogen and oxygen atoms in total. The molecular formula is C10H18N4O4S2. The molecular weight excluding hydrogens is 304 g/mol. The van der Waals surface area contributed by atoms with E-state index in [9.17, 15) is 14.4 Å². The van der Waals surface area contributed by atoms with Crippen molar-refractivity contribution in [2.24, 2.45) is 14.5 Å². The average molecular weight is 322 g/mol. The van der Waals surface area contributed by atoms with E-state index in [1.807, 2.05) is 6.92 Å². The largest absolute Gasteiger partial charge is 0.480 e. The van der Waals surface area contributed by atoms with Crippen LogP contribution in [0.25, 0.3) is 0 Å². The summed E-state index contributed by atoms with van der Waals surface area (Å²) in [6.45, 7) is 3.23. The number of carbonyl (C=O) groups is 1. The first-order chi connectivity index (χ1) is 9.63. The van der Waals surface area contributed by atoms with Crippen LogP contribution in [0.2, 0.25) is 0 Å². The van der Waals surface area contributed by atoms with Gasteiger partial charge in [-0.25, -0.2) is 9.59 Å². The number of nitrogens with one attached hydrogen (secondary N) is 1. The van der Waals surface area contributed by atoms with Crippen molar-refractivity contribution in [3.8, 4) is 0 Å². The smallest absolute Gasteiger partial charge is 0.320 e. The molecule has 0 spiro atoms. The number of hydrogen-bond acceptors (Lipinski definition) is 9. The highest BCUT2D eigenvalue weighted by Gasteiger charge is 2.14. The normalized spacial score (nSPS) is 10.3. The van der Waals surface area contributed by atoms with Crippen molar-refractivity contribution >= 4 is 40.1 Å². The van der Waals surface area contributed by atoms with E-state index in [0.717, 1.165) is 34.8 Å². The zero-order valence-electron chi connectivity index (χ0n) is 11.1. The zero-order chi connectivity index (χ0) is 15.6. The molecule has 0 aliphatic carbocycles. The highest BCUT2D eigenvalue weighted by Crippen LogP contribution is 2.21. The Morgan fingerprint density at radius 1 is 1.30 bits per heavy atom. The van der Waals surface area contributed by atoms with Crippen LogP contribution in [0.3, 0.4) is 0 Å². The molecule has 0 heterocycles. The fourth-order valence-electron chi connectivity index (χ4n) is 1.12. The van der Waals surface area contributed by atoms with Gasteiger partial charge in [-0.15, -0.1) is 8.80 Å². The Bertz CT molecular complexity index is 326. The van der Waals surface area contributed by atoms with Gasteiger partial charge in [-0.3, -0.25) is 4.79 Å². The number of likely N-dealkylation sites (N-methyl/N-ethyl adjacent to an activating group) is 1. The van der Waals surface area contributed by atoms with E-state index in [2.05, 4.69) is 14.1 Å². The number of carbonyl (C=O) groups excluding carboxylic acids is 2. The van der Waals surface area contributed by atoms with Gasteiger partial charge in [-0.1, -0.05) is 13.3 Å². The van der Waals surface area contributed by atoms with Crippen molar-refractivity contribution < 1.29 is 19.5 Å². The maximum atomic E-state index is 10.6. The molecule has 0 aliphatic rings. The van der Waals surface area contributed by atoms with Crippen molar-refractivity contribution in [3.63, 3.8) is 0 Å². The third-order valence-electron chi connectivity index (χ3n) is 1.88. The number of carboxylic acid groups (broad SMARTS) is 1. The average Bonchev–Trinajstić information content (AvgIpc) is 2.43. The third kappa shape index (κ3) is 16.9. The second kappa shape index (κ2) is 17.8. The molecule has 0 rings (SSSR count). The number of unbranched alkanes of at least 4 members (excludes halogenated alkanes) is 1. The summed E-state index contributed by atoms with van der Waals surface area (Å²) in [6.07, 6.45) is 4.95. The van der Waals surface area contributed by atoms with E-state index in [1.54, 1.807) is 0 Å². The maximum absolute atomic E-state index is 10.6. The fraction of sp³-hybridized carbons (Fsp3) is 0.700. The van der Waals surface area contributed by atoms with Gasteiger partial charge in [0.2, 0.25) is 12.2 Å². The van der Waals surface area contributed by atoms with Crippen molar-refractivity contribution in [1.82, 2.24) is 5.32 Å². The summed E-state index contributed by atoms with van der Waals surface area (Å²) in [4.78, 5) is 29.2. The summed E-state index contributed by atoms with van der Waals surface area (Å²) in [7, 11) is 1.53. The first-order valence-electron chi connectivity index (χ1n) is 5.77. The molecule has 0 saturated carbocycles. The second-order valence-electron chi connectivity index (χ2n) is 3.25. The standard InChI is InChI=1S/C8H18N2O2.C2N2O2S2/c1-2-10-7(8(11)12)5-3-4-6-9;5-1-3-7-8-4-2-6/h7,10H,2-6,9H2,1H3,(H,11,12);/t7-;/m0./s1. The van der Waals surface area contributed by atoms with Gasteiger partial charge in [0.15, 0.2) is 0 Å². The van der Waals surface area contributed by atoms with E-state index in [0.29, 0.717) is 19.5 Å². The molecule has 0 saturated heterocycles. The van der Waals surface area contributed by atoms with E-state index >= 15 is 0 Å². The van der Waals surface area contributed by atoms with Crippen LogP contribution in [0.1, 0.15) is 26.2 Å². The van der Waals surface area contributed by atoms with E-state index in [4.69, 9.17) is 10.8 Å². The lowest BCUT2D eigenvalue weighted by atomic mass is 10.1. The number of rotatable bonds is 10. The Hall–Kier alpha value is -1.15. The van der Waals surface area contributed by atoms with Crippen molar-refractivity contribution in [3.05, 3.63) is 0 Å². The van der Waals surface area contributed by atoms with Crippen molar-refractivity contribution in [2.45, 2.75) is 32.2 Å². The topological polar surface area (TPSA) is 134 Å². The molecule has 0 aromatic carbocycles. The number of hydrogen-bond donors (Lipinski definition) is 3. The van der Waals surface area contributed by atoms with Gasteiger partial charge in [0.1, 0.15) is 6.04 Å². The lowest BCUT2D eigenvalue weighted by Crippen LogP contribution is -2.36. The van der Waals surface area contributed by atoms with Crippen LogP contribution in [-0.2, 0) is 14.4 Å². The molecule has 0 aliphatic heterocycles. The highest BCUT2D eigenvalue weighted by molar-refractivity contribution is 8.75. The van der Waals surface area contributed by atoms with Crippen LogP contribution in [0.4, 0.5) is 0 Å². The van der Waals surface area contributed by atoms with E-state index in [-0.39, 0.29) is 0 Å². The lowest BCUT2D eigenvalue weighted by Gasteiger charge is -2.11. The number of isocyanates is 2. The Kier molecular flexibility index (Phi) is 18.9. The fourth-order valence-corrected chi connectivity index (χ4v) is 1.63. The Morgan fingerprint density at radius 2 is 1.85 bits per heavy atom. The van der Waals surface area contributed by atoms with Crippen molar-refractivity contribution in [2.75, 3.05) is 13.1 Å². The predicted octanol–water partition coefficient (Wildman–Crippen LogP) is 1.05. The monoisotopic (exact) mass is 322 g/mol. The Morgan fingerprint density at radius 3 is 2.20 bits per heavy atom. The van der Waals surface area contributed by atoms with Crippen LogP contribution in [0, 0.1) is 0 Å². The molecule has 0 bridgehead atoms. The van der Waals surface area contributed by atoms with Crippen LogP contribution in [0.15, 0.2) is 8.80 Å². The minimum Gasteiger partial charge on any atom is -0.480 e. The van der Waals surface area contributed by atoms with E-state index < -0.39 is 12.0 Å². The quantitative estimate of drug-likeness (QED) is 0.179. The van der Waals surface area contributed by atoms with Crippen LogP contribution in [0.5, 0.6) is 0 Å². The summed E-state index contributed by atoms with van der Waals surface area (Å²) in [6, 6.07) is -0.401. The minimum absolute atomic E-state index is 0.401. The molecule has 0 unspecified atom stereocenters. The van der Waals surface area contributed by atoms with Gasteiger partial charge in [0.25, 0.3) is 0 Å². The van der Waals surface area contributed by atoms with Gasteiger partial charge in [0.05, 0.1) is 22.0 Å². The molecule has 0 fully saturated rings. The molecule has 0 amide bonds. The third-order valence-corrected chi connectivity index (χ3v) is 2.89. The molecule has 10 heteroatoms. The molecule has 114 valence electrons. The summed E-state index contributed by atoms with van der Waals surface area (Å²) in [5.74, 6) is -0.770. The minimum atomic E-state index is -0.770. The van der Waals surface area contributed by atoms with Gasteiger partial charge in [0, 0.05) is 0 Å². The van der Waals surface area contributed by atoms with E-state index in [1.165, 1.54) is 12.2 Å². The second-order valence-corrected chi connectivity index (χ2v) is 4.80. The summed E-state index contributed by atoms with van der Waals surface area (Å²) in [5.41, 5.74) is 5.30. The first kappa shape index (κ1) is 21.2. The SMILES string of the molecule is CCN[C@@H](CCCCN)C(=O)O.O=C=NSSN=C=O. The van der Waals surface area contributed by atoms with Gasteiger partial charge in [-0.2, -0.15) is 0 Å². The van der Waals surface area contributed by atoms with Crippen LogP contribution >= 0.6 is 22.0 Å². The Labute approximate surface area is 125 Å². The van der Waals surface area contributed by atoms with Crippen molar-refractivity contribution in [1.29, 1.82) is 0 Å². The molecule has 0 aromatic rings. The maximum Gasteiger partial charge on any atom is 0.320 e. The van der Waals surface area contributed by atoms with Gasteiger partial charge < -0.3 is 16.2 Å². The number of aliphatic carboxylic acids is 1. The lowest BCUT2D eigenvalue weighted by molar-refractivity contribution is -0.139. The first-order valence-corrected chi connectivity index (χ1v) is 7.83. The number of carboxylic acids is 1. The molecule has 0 radical (unpaired) electrons. The molecule has 20 heavy (non-hydrogen) atoms. The van der Waals surface area contributed by atoms with Gasteiger partial charge in [-0.05, 0) is 25.9 Å². The molecule has 4 N–H and O–H groups in total. The van der Waals surface area contributed by atoms with Crippen LogP contribution < -0.4 is 11.1 Å². The summed E-state index contributed by atoms with van der Waals surface area (Å²) < 4.78 is 6.02.